The van der Waals surface area contributed by atoms with Crippen molar-refractivity contribution in [2.24, 2.45) is 5.73 Å². The summed E-state index contributed by atoms with van der Waals surface area (Å²) >= 11 is 5.84. The topological polar surface area (TPSA) is 42.1 Å². The lowest BCUT2D eigenvalue weighted by Crippen LogP contribution is -2.39. The number of nitrogens with two attached hydrogens (primary N) is 1. The first-order valence-corrected chi connectivity index (χ1v) is 5.70. The number of rotatable bonds is 2. The van der Waals surface area contributed by atoms with Crippen LogP contribution in [0.15, 0.2) is 18.3 Å². The van der Waals surface area contributed by atoms with Gasteiger partial charge in [-0.1, -0.05) is 11.6 Å². The quantitative estimate of drug-likeness (QED) is 0.779. The predicted molar refractivity (Wildman–Crippen MR) is 61.7 cm³/mol. The Morgan fingerprint density at radius 2 is 2.20 bits per heavy atom. The summed E-state index contributed by atoms with van der Waals surface area (Å²) in [7, 11) is 0. The van der Waals surface area contributed by atoms with E-state index in [2.05, 4.69) is 9.88 Å². The lowest BCUT2D eigenvalue weighted by atomic mass is 10.1. The Hall–Kier alpha value is -0.640. The van der Waals surface area contributed by atoms with Crippen LogP contribution >= 0.6 is 11.6 Å². The van der Waals surface area contributed by atoms with E-state index in [1.54, 1.807) is 6.20 Å². The number of nitrogens with zero attached hydrogens (tertiary/aromatic N) is 2. The molecule has 0 unspecified atom stereocenters. The molecule has 0 atom stereocenters. The van der Waals surface area contributed by atoms with E-state index in [4.69, 9.17) is 17.3 Å². The molecule has 4 heteroatoms. The Labute approximate surface area is 95.2 Å². The lowest BCUT2D eigenvalue weighted by Gasteiger charge is -2.29. The predicted octanol–water partition coefficient (Wildman–Crippen LogP) is 1.66. The SMILES string of the molecule is NC1CCN(Cc2ccnc(Cl)c2)CC1. The maximum Gasteiger partial charge on any atom is 0.129 e. The Morgan fingerprint density at radius 3 is 2.87 bits per heavy atom. The third-order valence-electron chi connectivity index (χ3n) is 2.83. The van der Waals surface area contributed by atoms with Crippen LogP contribution in [0.2, 0.25) is 5.15 Å². The molecule has 2 rings (SSSR count). The summed E-state index contributed by atoms with van der Waals surface area (Å²) in [5.41, 5.74) is 7.08. The van der Waals surface area contributed by atoms with Crippen molar-refractivity contribution in [2.75, 3.05) is 13.1 Å². The van der Waals surface area contributed by atoms with E-state index in [1.807, 2.05) is 12.1 Å². The molecule has 3 nitrogen and oxygen atoms in total. The Balaban J connectivity index is 1.92. The van der Waals surface area contributed by atoms with E-state index in [1.165, 1.54) is 5.56 Å². The fraction of sp³-hybridized carbons (Fsp3) is 0.545. The summed E-state index contributed by atoms with van der Waals surface area (Å²) in [6, 6.07) is 4.33. The van der Waals surface area contributed by atoms with Crippen LogP contribution in [-0.2, 0) is 6.54 Å². The van der Waals surface area contributed by atoms with Gasteiger partial charge in [-0.05, 0) is 43.6 Å². The van der Waals surface area contributed by atoms with Crippen LogP contribution in [-0.4, -0.2) is 29.0 Å². The highest BCUT2D eigenvalue weighted by atomic mass is 35.5. The molecule has 1 aromatic rings. The van der Waals surface area contributed by atoms with E-state index in [-0.39, 0.29) is 0 Å². The largest absolute Gasteiger partial charge is 0.328 e. The standard InChI is InChI=1S/C11H16ClN3/c12-11-7-9(1-4-14-11)8-15-5-2-10(13)3-6-15/h1,4,7,10H,2-3,5-6,8,13H2. The summed E-state index contributed by atoms with van der Waals surface area (Å²) in [6.45, 7) is 3.12. The van der Waals surface area contributed by atoms with Crippen LogP contribution in [0, 0.1) is 0 Å². The number of aromatic nitrogens is 1. The molecule has 1 aliphatic heterocycles. The molecule has 0 radical (unpaired) electrons. The van der Waals surface area contributed by atoms with Crippen molar-refractivity contribution < 1.29 is 0 Å². The van der Waals surface area contributed by atoms with Crippen LogP contribution in [0.3, 0.4) is 0 Å². The average Bonchev–Trinajstić information content (AvgIpc) is 2.22. The zero-order valence-corrected chi connectivity index (χ0v) is 9.45. The highest BCUT2D eigenvalue weighted by Gasteiger charge is 2.15. The zero-order valence-electron chi connectivity index (χ0n) is 8.69. The highest BCUT2D eigenvalue weighted by molar-refractivity contribution is 6.29. The Bertz CT molecular complexity index is 321. The summed E-state index contributed by atoms with van der Waals surface area (Å²) < 4.78 is 0. The molecular formula is C11H16ClN3. The molecule has 0 aromatic carbocycles. The van der Waals surface area contributed by atoms with E-state index < -0.39 is 0 Å². The van der Waals surface area contributed by atoms with Crippen LogP contribution < -0.4 is 5.73 Å². The van der Waals surface area contributed by atoms with Gasteiger partial charge in [0.1, 0.15) is 5.15 Å². The second kappa shape index (κ2) is 4.92. The van der Waals surface area contributed by atoms with Gasteiger partial charge in [-0.25, -0.2) is 4.98 Å². The molecule has 0 saturated carbocycles. The maximum absolute atomic E-state index is 5.86. The summed E-state index contributed by atoms with van der Waals surface area (Å²) in [5, 5.41) is 0.571. The van der Waals surface area contributed by atoms with E-state index >= 15 is 0 Å². The normalized spacial score (nSPS) is 19.3. The Morgan fingerprint density at radius 1 is 1.47 bits per heavy atom. The molecular weight excluding hydrogens is 210 g/mol. The van der Waals surface area contributed by atoms with Crippen LogP contribution in [0.1, 0.15) is 18.4 Å². The lowest BCUT2D eigenvalue weighted by molar-refractivity contribution is 0.205. The highest BCUT2D eigenvalue weighted by Crippen LogP contribution is 2.14. The third kappa shape index (κ3) is 3.16. The van der Waals surface area contributed by atoms with Crippen molar-refractivity contribution in [1.29, 1.82) is 0 Å². The van der Waals surface area contributed by atoms with Gasteiger partial charge in [0.15, 0.2) is 0 Å². The number of hydrogen-bond acceptors (Lipinski definition) is 3. The van der Waals surface area contributed by atoms with E-state index in [9.17, 15) is 0 Å². The van der Waals surface area contributed by atoms with Gasteiger partial charge in [-0.3, -0.25) is 4.90 Å². The second-order valence-electron chi connectivity index (χ2n) is 4.10. The van der Waals surface area contributed by atoms with Gasteiger partial charge >= 0.3 is 0 Å². The van der Waals surface area contributed by atoms with Gasteiger partial charge in [-0.2, -0.15) is 0 Å². The van der Waals surface area contributed by atoms with Gasteiger partial charge in [0.05, 0.1) is 0 Å². The third-order valence-corrected chi connectivity index (χ3v) is 3.04. The van der Waals surface area contributed by atoms with Gasteiger partial charge in [0, 0.05) is 18.8 Å². The summed E-state index contributed by atoms with van der Waals surface area (Å²) in [4.78, 5) is 6.38. The molecule has 1 fully saturated rings. The molecule has 15 heavy (non-hydrogen) atoms. The number of pyridine rings is 1. The average molecular weight is 226 g/mol. The number of hydrogen-bond donors (Lipinski definition) is 1. The van der Waals surface area contributed by atoms with Crippen LogP contribution in [0.5, 0.6) is 0 Å². The van der Waals surface area contributed by atoms with Crippen molar-refractivity contribution in [3.63, 3.8) is 0 Å². The number of halogens is 1. The van der Waals surface area contributed by atoms with Crippen molar-refractivity contribution in [3.8, 4) is 0 Å². The molecule has 1 aromatic heterocycles. The van der Waals surface area contributed by atoms with Gasteiger partial charge in [0.2, 0.25) is 0 Å². The maximum atomic E-state index is 5.86. The molecule has 0 bridgehead atoms. The van der Waals surface area contributed by atoms with Gasteiger partial charge in [-0.15, -0.1) is 0 Å². The van der Waals surface area contributed by atoms with Crippen molar-refractivity contribution in [2.45, 2.75) is 25.4 Å². The molecule has 0 spiro atoms. The molecule has 0 amide bonds. The molecule has 2 N–H and O–H groups in total. The number of piperidine rings is 1. The first kappa shape index (κ1) is 10.9. The van der Waals surface area contributed by atoms with Crippen molar-refractivity contribution in [3.05, 3.63) is 29.0 Å². The number of likely N-dealkylation sites (tertiary alicyclic amines) is 1. The molecule has 82 valence electrons. The first-order chi connectivity index (χ1) is 7.24. The van der Waals surface area contributed by atoms with E-state index in [0.717, 1.165) is 32.5 Å². The fourth-order valence-corrected chi connectivity index (χ4v) is 2.11. The molecule has 2 heterocycles. The van der Waals surface area contributed by atoms with Crippen molar-refractivity contribution in [1.82, 2.24) is 9.88 Å². The van der Waals surface area contributed by atoms with Gasteiger partial charge < -0.3 is 5.73 Å². The zero-order chi connectivity index (χ0) is 10.7. The fourth-order valence-electron chi connectivity index (χ4n) is 1.91. The summed E-state index contributed by atoms with van der Waals surface area (Å²) in [5.74, 6) is 0. The van der Waals surface area contributed by atoms with Crippen molar-refractivity contribution >= 4 is 11.6 Å². The van der Waals surface area contributed by atoms with E-state index in [0.29, 0.717) is 11.2 Å². The minimum absolute atomic E-state index is 0.391. The van der Waals surface area contributed by atoms with Crippen LogP contribution in [0.4, 0.5) is 0 Å². The second-order valence-corrected chi connectivity index (χ2v) is 4.49. The Kier molecular flexibility index (Phi) is 3.57. The first-order valence-electron chi connectivity index (χ1n) is 5.32. The minimum Gasteiger partial charge on any atom is -0.328 e. The van der Waals surface area contributed by atoms with Crippen LogP contribution in [0.25, 0.3) is 0 Å². The molecule has 1 saturated heterocycles. The van der Waals surface area contributed by atoms with Gasteiger partial charge in [0.25, 0.3) is 0 Å². The molecule has 0 aliphatic carbocycles. The smallest absolute Gasteiger partial charge is 0.129 e. The minimum atomic E-state index is 0.391. The monoisotopic (exact) mass is 225 g/mol. The molecule has 1 aliphatic rings. The summed E-state index contributed by atoms with van der Waals surface area (Å²) in [6.07, 6.45) is 3.95.